The van der Waals surface area contributed by atoms with Crippen molar-refractivity contribution in [3.63, 3.8) is 0 Å². The molecule has 7 heteroatoms. The predicted molar refractivity (Wildman–Crippen MR) is 118 cm³/mol. The van der Waals surface area contributed by atoms with Gasteiger partial charge in [-0.1, -0.05) is 31.2 Å². The number of para-hydroxylation sites is 1. The van der Waals surface area contributed by atoms with Crippen LogP contribution in [0.15, 0.2) is 72.8 Å². The molecule has 0 aliphatic rings. The van der Waals surface area contributed by atoms with E-state index in [1.807, 2.05) is 6.92 Å². The number of rotatable bonds is 8. The zero-order chi connectivity index (χ0) is 22.2. The molecule has 3 aromatic carbocycles. The Balaban J connectivity index is 1.72. The van der Waals surface area contributed by atoms with Crippen molar-refractivity contribution in [1.29, 1.82) is 0 Å². The molecule has 0 aliphatic heterocycles. The molecule has 0 atom stereocenters. The summed E-state index contributed by atoms with van der Waals surface area (Å²) in [5, 5.41) is 14.6. The highest BCUT2D eigenvalue weighted by molar-refractivity contribution is 6.09. The number of hydrogen-bond acceptors (Lipinski definition) is 4. The molecule has 0 heterocycles. The van der Waals surface area contributed by atoms with Gasteiger partial charge >= 0.3 is 5.97 Å². The van der Waals surface area contributed by atoms with Gasteiger partial charge in [-0.25, -0.2) is 4.79 Å². The van der Waals surface area contributed by atoms with E-state index in [9.17, 15) is 19.5 Å². The molecular formula is C24H22N2O5. The Hall–Kier alpha value is -4.13. The maximum Gasteiger partial charge on any atom is 0.337 e. The first-order valence-electron chi connectivity index (χ1n) is 9.76. The Morgan fingerprint density at radius 3 is 2.26 bits per heavy atom. The van der Waals surface area contributed by atoms with Gasteiger partial charge in [-0.05, 0) is 55.0 Å². The molecule has 2 amide bonds. The van der Waals surface area contributed by atoms with Gasteiger partial charge in [-0.15, -0.1) is 0 Å². The fourth-order valence-electron chi connectivity index (χ4n) is 2.86. The van der Waals surface area contributed by atoms with Crippen LogP contribution in [0.4, 0.5) is 11.4 Å². The number of nitrogens with one attached hydrogen (secondary N) is 2. The monoisotopic (exact) mass is 418 g/mol. The van der Waals surface area contributed by atoms with E-state index in [4.69, 9.17) is 4.74 Å². The minimum Gasteiger partial charge on any atom is -0.494 e. The first-order valence-corrected chi connectivity index (χ1v) is 9.76. The summed E-state index contributed by atoms with van der Waals surface area (Å²) >= 11 is 0. The summed E-state index contributed by atoms with van der Waals surface area (Å²) in [5.74, 6) is -1.35. The molecule has 0 radical (unpaired) electrons. The van der Waals surface area contributed by atoms with E-state index >= 15 is 0 Å². The normalized spacial score (nSPS) is 10.2. The van der Waals surface area contributed by atoms with Gasteiger partial charge in [-0.3, -0.25) is 9.59 Å². The number of hydrogen-bond donors (Lipinski definition) is 3. The summed E-state index contributed by atoms with van der Waals surface area (Å²) in [6.07, 6.45) is 0.863. The standard InChI is InChI=1S/C24H22N2O5/c1-2-13-31-19-10-6-8-17(15-19)22(27)25-18-9-5-7-16(14-18)23(28)26-21-12-4-3-11-20(21)24(29)30/h3-12,14-15H,2,13H2,1H3,(H,25,27)(H,26,28)(H,29,30). The van der Waals surface area contributed by atoms with Crippen molar-refractivity contribution in [1.82, 2.24) is 0 Å². The predicted octanol–water partition coefficient (Wildman–Crippen LogP) is 4.68. The second kappa shape index (κ2) is 10.1. The number of carbonyl (C=O) groups is 3. The summed E-state index contributed by atoms with van der Waals surface area (Å²) in [6.45, 7) is 2.56. The number of ether oxygens (including phenoxy) is 1. The van der Waals surface area contributed by atoms with Crippen LogP contribution in [-0.2, 0) is 0 Å². The largest absolute Gasteiger partial charge is 0.494 e. The Morgan fingerprint density at radius 1 is 0.839 bits per heavy atom. The number of amides is 2. The van der Waals surface area contributed by atoms with Gasteiger partial charge in [0.2, 0.25) is 0 Å². The fourth-order valence-corrected chi connectivity index (χ4v) is 2.86. The summed E-state index contributed by atoms with van der Waals surface area (Å²) in [7, 11) is 0. The quantitative estimate of drug-likeness (QED) is 0.493. The molecule has 3 aromatic rings. The maximum absolute atomic E-state index is 12.6. The molecular weight excluding hydrogens is 396 g/mol. The van der Waals surface area contributed by atoms with Crippen LogP contribution in [0.25, 0.3) is 0 Å². The van der Waals surface area contributed by atoms with Crippen LogP contribution in [0.2, 0.25) is 0 Å². The lowest BCUT2D eigenvalue weighted by atomic mass is 10.1. The van der Waals surface area contributed by atoms with E-state index in [1.165, 1.54) is 18.2 Å². The van der Waals surface area contributed by atoms with Gasteiger partial charge in [0.15, 0.2) is 0 Å². The van der Waals surface area contributed by atoms with E-state index in [0.717, 1.165) is 6.42 Å². The molecule has 0 unspecified atom stereocenters. The zero-order valence-corrected chi connectivity index (χ0v) is 16.9. The summed E-state index contributed by atoms with van der Waals surface area (Å²) in [4.78, 5) is 36.5. The lowest BCUT2D eigenvalue weighted by Gasteiger charge is -2.11. The van der Waals surface area contributed by atoms with E-state index in [1.54, 1.807) is 54.6 Å². The fraction of sp³-hybridized carbons (Fsp3) is 0.125. The van der Waals surface area contributed by atoms with Crippen molar-refractivity contribution >= 4 is 29.2 Å². The SMILES string of the molecule is CCCOc1cccc(C(=O)Nc2cccc(C(=O)Nc3ccccc3C(=O)O)c2)c1. The second-order valence-electron chi connectivity index (χ2n) is 6.72. The Morgan fingerprint density at radius 2 is 1.52 bits per heavy atom. The molecule has 0 saturated heterocycles. The number of carbonyl (C=O) groups excluding carboxylic acids is 2. The summed E-state index contributed by atoms with van der Waals surface area (Å²) in [6, 6.07) is 19.4. The minimum atomic E-state index is -1.14. The molecule has 0 saturated carbocycles. The smallest absolute Gasteiger partial charge is 0.337 e. The van der Waals surface area contributed by atoms with Gasteiger partial charge in [0, 0.05) is 16.8 Å². The van der Waals surface area contributed by atoms with Crippen LogP contribution in [-0.4, -0.2) is 29.5 Å². The number of benzene rings is 3. The molecule has 0 bridgehead atoms. The highest BCUT2D eigenvalue weighted by Gasteiger charge is 2.14. The van der Waals surface area contributed by atoms with Crippen LogP contribution in [0.3, 0.4) is 0 Å². The topological polar surface area (TPSA) is 105 Å². The highest BCUT2D eigenvalue weighted by Crippen LogP contribution is 2.19. The van der Waals surface area contributed by atoms with Crippen molar-refractivity contribution < 1.29 is 24.2 Å². The van der Waals surface area contributed by atoms with Gasteiger partial charge in [-0.2, -0.15) is 0 Å². The number of carboxylic acid groups (broad SMARTS) is 1. The highest BCUT2D eigenvalue weighted by atomic mass is 16.5. The molecule has 0 aliphatic carbocycles. The Kier molecular flexibility index (Phi) is 7.01. The van der Waals surface area contributed by atoms with Crippen LogP contribution < -0.4 is 15.4 Å². The zero-order valence-electron chi connectivity index (χ0n) is 16.9. The van der Waals surface area contributed by atoms with Crippen molar-refractivity contribution in [2.24, 2.45) is 0 Å². The van der Waals surface area contributed by atoms with E-state index in [2.05, 4.69) is 10.6 Å². The van der Waals surface area contributed by atoms with E-state index in [0.29, 0.717) is 23.6 Å². The van der Waals surface area contributed by atoms with Crippen molar-refractivity contribution in [2.45, 2.75) is 13.3 Å². The molecule has 3 N–H and O–H groups in total. The number of anilines is 2. The van der Waals surface area contributed by atoms with Crippen molar-refractivity contribution in [3.05, 3.63) is 89.5 Å². The third-order valence-corrected chi connectivity index (χ3v) is 4.36. The number of carboxylic acids is 1. The first-order chi connectivity index (χ1) is 15.0. The Bertz CT molecular complexity index is 1110. The van der Waals surface area contributed by atoms with Gasteiger partial charge in [0.05, 0.1) is 17.9 Å². The third kappa shape index (κ3) is 5.70. The van der Waals surface area contributed by atoms with Crippen LogP contribution >= 0.6 is 0 Å². The minimum absolute atomic E-state index is 0.00881. The lowest BCUT2D eigenvalue weighted by Crippen LogP contribution is -2.16. The van der Waals surface area contributed by atoms with Crippen LogP contribution in [0.5, 0.6) is 5.75 Å². The Labute approximate surface area is 179 Å². The van der Waals surface area contributed by atoms with E-state index in [-0.39, 0.29) is 22.7 Å². The third-order valence-electron chi connectivity index (χ3n) is 4.36. The van der Waals surface area contributed by atoms with Crippen LogP contribution in [0.1, 0.15) is 44.4 Å². The lowest BCUT2D eigenvalue weighted by molar-refractivity contribution is 0.0697. The molecule has 0 fully saturated rings. The molecule has 3 rings (SSSR count). The van der Waals surface area contributed by atoms with Crippen molar-refractivity contribution in [3.8, 4) is 5.75 Å². The first kappa shape index (κ1) is 21.6. The molecule has 7 nitrogen and oxygen atoms in total. The van der Waals surface area contributed by atoms with Gasteiger partial charge < -0.3 is 20.5 Å². The number of aromatic carboxylic acids is 1. The van der Waals surface area contributed by atoms with Gasteiger partial charge in [0.1, 0.15) is 5.75 Å². The molecule has 158 valence electrons. The average Bonchev–Trinajstić information content (AvgIpc) is 2.78. The van der Waals surface area contributed by atoms with Crippen molar-refractivity contribution in [2.75, 3.05) is 17.2 Å². The molecule has 0 aromatic heterocycles. The average molecular weight is 418 g/mol. The van der Waals surface area contributed by atoms with E-state index < -0.39 is 11.9 Å². The molecule has 31 heavy (non-hydrogen) atoms. The summed E-state index contributed by atoms with van der Waals surface area (Å²) < 4.78 is 5.56. The summed E-state index contributed by atoms with van der Waals surface area (Å²) in [5.41, 5.74) is 1.32. The van der Waals surface area contributed by atoms with Gasteiger partial charge in [0.25, 0.3) is 11.8 Å². The maximum atomic E-state index is 12.6. The molecule has 0 spiro atoms. The van der Waals surface area contributed by atoms with Crippen LogP contribution in [0, 0.1) is 0 Å². The second-order valence-corrected chi connectivity index (χ2v) is 6.72.